The van der Waals surface area contributed by atoms with Crippen LogP contribution in [0.15, 0.2) is 60.8 Å². The predicted octanol–water partition coefficient (Wildman–Crippen LogP) is 7.76. The van der Waals surface area contributed by atoms with Crippen molar-refractivity contribution in [3.63, 3.8) is 0 Å². The van der Waals surface area contributed by atoms with E-state index in [0.717, 1.165) is 70.6 Å². The zero-order valence-electron chi connectivity index (χ0n) is 35.3. The third-order valence-corrected chi connectivity index (χ3v) is 10.6. The van der Waals surface area contributed by atoms with Crippen LogP contribution in [-0.4, -0.2) is 88.1 Å². The molecule has 0 spiro atoms. The number of carboxylic acids is 1. The Kier molecular flexibility index (Phi) is 30.5. The number of carbonyl (C=O) groups is 4. The molecule has 1 aliphatic carbocycles. The smallest absolute Gasteiger partial charge is 0.472 e. The monoisotopic (exact) mass is 853 g/mol. The number of aliphatic hydroxyl groups is 2. The van der Waals surface area contributed by atoms with Gasteiger partial charge >= 0.3 is 25.7 Å². The summed E-state index contributed by atoms with van der Waals surface area (Å²) in [5.41, 5.74) is 5.32. The molecule has 336 valence electrons. The van der Waals surface area contributed by atoms with Crippen LogP contribution >= 0.6 is 7.82 Å². The summed E-state index contributed by atoms with van der Waals surface area (Å²) in [5, 5.41) is 29.7. The summed E-state index contributed by atoms with van der Waals surface area (Å²) < 4.78 is 32.6. The van der Waals surface area contributed by atoms with Crippen molar-refractivity contribution in [1.82, 2.24) is 0 Å². The number of phosphoric acid groups is 1. The molecule has 15 heteroatoms. The third kappa shape index (κ3) is 28.0. The summed E-state index contributed by atoms with van der Waals surface area (Å²) in [4.78, 5) is 58.7. The number of aliphatic hydroxyl groups excluding tert-OH is 2. The topological polar surface area (TPSA) is 229 Å². The Balaban J connectivity index is 2.53. The fraction of sp³-hybridized carbons (Fsp3) is 0.682. The molecule has 1 aliphatic rings. The number of carboxylic acid groups (broad SMARTS) is 1. The highest BCUT2D eigenvalue weighted by molar-refractivity contribution is 7.47. The molecular formula is C44H72NO13P. The Hall–Kier alpha value is -3.23. The highest BCUT2D eigenvalue weighted by Gasteiger charge is 2.39. The van der Waals surface area contributed by atoms with Crippen molar-refractivity contribution in [2.75, 3.05) is 19.8 Å². The molecule has 0 aromatic rings. The first-order valence-corrected chi connectivity index (χ1v) is 22.9. The molecule has 0 aromatic carbocycles. The second kappa shape index (κ2) is 33.5. The molecule has 1 rings (SSSR count). The number of hydrogen-bond acceptors (Lipinski definition) is 12. The summed E-state index contributed by atoms with van der Waals surface area (Å²) in [7, 11) is -4.80. The Morgan fingerprint density at radius 2 is 1.42 bits per heavy atom. The van der Waals surface area contributed by atoms with E-state index in [1.807, 2.05) is 0 Å². The first-order chi connectivity index (χ1) is 28.3. The van der Waals surface area contributed by atoms with Gasteiger partial charge in [-0.25, -0.2) is 4.57 Å². The van der Waals surface area contributed by atoms with E-state index in [0.29, 0.717) is 32.1 Å². The summed E-state index contributed by atoms with van der Waals surface area (Å²) in [6, 6.07) is -1.57. The van der Waals surface area contributed by atoms with Gasteiger partial charge in [0.25, 0.3) is 0 Å². The van der Waals surface area contributed by atoms with Crippen molar-refractivity contribution in [2.24, 2.45) is 17.6 Å². The average Bonchev–Trinajstić information content (AvgIpc) is 3.47. The summed E-state index contributed by atoms with van der Waals surface area (Å²) in [5.74, 6) is -3.32. The Bertz CT molecular complexity index is 1390. The fourth-order valence-electron chi connectivity index (χ4n) is 6.25. The normalized spacial score (nSPS) is 20.0. The van der Waals surface area contributed by atoms with Gasteiger partial charge in [0.15, 0.2) is 6.10 Å². The summed E-state index contributed by atoms with van der Waals surface area (Å²) >= 11 is 0. The lowest BCUT2D eigenvalue weighted by Crippen LogP contribution is -2.34. The first kappa shape index (κ1) is 53.8. The van der Waals surface area contributed by atoms with Crippen LogP contribution in [0.1, 0.15) is 136 Å². The third-order valence-electron chi connectivity index (χ3n) is 9.66. The number of ether oxygens (including phenoxy) is 2. The fourth-order valence-corrected chi connectivity index (χ4v) is 7.03. The lowest BCUT2D eigenvalue weighted by molar-refractivity contribution is -0.161. The van der Waals surface area contributed by atoms with Crippen LogP contribution in [0.2, 0.25) is 0 Å². The molecule has 0 bridgehead atoms. The maximum absolute atomic E-state index is 12.7. The Morgan fingerprint density at radius 3 is 2.08 bits per heavy atom. The highest BCUT2D eigenvalue weighted by atomic mass is 31.2. The molecule has 14 nitrogen and oxygen atoms in total. The van der Waals surface area contributed by atoms with E-state index in [-0.39, 0.29) is 31.0 Å². The minimum absolute atomic E-state index is 0.00825. The zero-order chi connectivity index (χ0) is 43.7. The number of allylic oxidation sites excluding steroid dienone is 9. The van der Waals surface area contributed by atoms with Crippen LogP contribution in [0.3, 0.4) is 0 Å². The van der Waals surface area contributed by atoms with Gasteiger partial charge in [-0.1, -0.05) is 113 Å². The van der Waals surface area contributed by atoms with Gasteiger partial charge in [0.05, 0.1) is 25.4 Å². The van der Waals surface area contributed by atoms with Crippen molar-refractivity contribution in [1.29, 1.82) is 0 Å². The average molecular weight is 854 g/mol. The molecule has 0 aromatic heterocycles. The molecule has 6 N–H and O–H groups in total. The molecule has 59 heavy (non-hydrogen) atoms. The van der Waals surface area contributed by atoms with Crippen molar-refractivity contribution in [2.45, 2.75) is 160 Å². The van der Waals surface area contributed by atoms with Crippen LogP contribution in [0.5, 0.6) is 0 Å². The van der Waals surface area contributed by atoms with E-state index in [9.17, 15) is 38.8 Å². The maximum Gasteiger partial charge on any atom is 0.472 e. The van der Waals surface area contributed by atoms with Crippen LogP contribution < -0.4 is 5.73 Å². The number of aliphatic carboxylic acids is 1. The summed E-state index contributed by atoms with van der Waals surface area (Å²) in [6.07, 6.45) is 30.6. The van der Waals surface area contributed by atoms with Crippen LogP contribution in [0, 0.1) is 11.8 Å². The second-order valence-electron chi connectivity index (χ2n) is 14.9. The second-order valence-corrected chi connectivity index (χ2v) is 16.3. The van der Waals surface area contributed by atoms with Crippen LogP contribution in [-0.2, 0) is 42.3 Å². The SMILES string of the molecule is CC/C=C\C/C=C\C/C=C\C/C=C\CCCCC(=O)OC[C@H](COP(=O)(O)OC[C@H](N)C(=O)O)OC(=O)CCCCCC[C@H]1[C@@H](O)CC(=O)[C@@H]1/C=C/[C@@H](O)CCCCC. The standard InChI is InChI=1S/C44H72NO13P/c1-3-5-7-8-9-10-11-12-13-14-15-16-17-18-23-27-42(49)55-32-36(33-56-59(53,54)57-34-39(45)44(51)52)58-43(50)28-24-20-19-22-26-37-38(41(48)31-40(37)47)30-29-35(46)25-21-6-4-2/h5,7,9-10,12-13,15-16,29-30,35-40,46-47H,3-4,6,8,11,14,17-28,31-34,45H2,1-2H3,(H,51,52)(H,53,54)/b7-5-,10-9-,13-12-,16-15-,30-29+/t35-,36+,37+,38+,39-,40-/m0/s1. The summed E-state index contributed by atoms with van der Waals surface area (Å²) in [6.45, 7) is 2.28. The van der Waals surface area contributed by atoms with Gasteiger partial charge in [-0.3, -0.25) is 28.2 Å². The van der Waals surface area contributed by atoms with Crippen molar-refractivity contribution >= 4 is 31.5 Å². The lowest BCUT2D eigenvalue weighted by Gasteiger charge is -2.20. The van der Waals surface area contributed by atoms with E-state index in [1.165, 1.54) is 0 Å². The number of carbonyl (C=O) groups excluding carboxylic acids is 3. The number of Topliss-reactive ketones (excluding diaryl/α,β-unsaturated/α-hetero) is 1. The maximum atomic E-state index is 12.7. The molecule has 0 radical (unpaired) electrons. The van der Waals surface area contributed by atoms with Crippen LogP contribution in [0.4, 0.5) is 0 Å². The minimum atomic E-state index is -4.80. The van der Waals surface area contributed by atoms with Gasteiger partial charge in [-0.2, -0.15) is 0 Å². The molecule has 0 aliphatic heterocycles. The largest absolute Gasteiger partial charge is 0.480 e. The Labute approximate surface area is 351 Å². The van der Waals surface area contributed by atoms with Gasteiger partial charge in [-0.15, -0.1) is 0 Å². The molecule has 1 unspecified atom stereocenters. The van der Waals surface area contributed by atoms with Gasteiger partial charge < -0.3 is 35.4 Å². The Morgan fingerprint density at radius 1 is 0.814 bits per heavy atom. The number of phosphoric ester groups is 1. The first-order valence-electron chi connectivity index (χ1n) is 21.4. The molecular weight excluding hydrogens is 781 g/mol. The number of rotatable bonds is 35. The van der Waals surface area contributed by atoms with E-state index in [1.54, 1.807) is 12.2 Å². The molecule has 0 amide bonds. The van der Waals surface area contributed by atoms with Gasteiger partial charge in [0.1, 0.15) is 18.4 Å². The van der Waals surface area contributed by atoms with E-state index >= 15 is 0 Å². The quantitative estimate of drug-likeness (QED) is 0.0178. The van der Waals surface area contributed by atoms with E-state index in [2.05, 4.69) is 67.0 Å². The molecule has 0 heterocycles. The van der Waals surface area contributed by atoms with E-state index < -0.39 is 75.8 Å². The number of unbranched alkanes of at least 4 members (excludes halogenated alkanes) is 7. The highest BCUT2D eigenvalue weighted by Crippen LogP contribution is 2.43. The molecule has 0 saturated heterocycles. The van der Waals surface area contributed by atoms with Crippen molar-refractivity contribution < 1.29 is 62.5 Å². The number of ketones is 1. The van der Waals surface area contributed by atoms with Crippen LogP contribution in [0.25, 0.3) is 0 Å². The molecule has 1 fully saturated rings. The zero-order valence-corrected chi connectivity index (χ0v) is 36.2. The minimum Gasteiger partial charge on any atom is -0.480 e. The van der Waals surface area contributed by atoms with Gasteiger partial charge in [0.2, 0.25) is 0 Å². The molecule has 7 atom stereocenters. The predicted molar refractivity (Wildman–Crippen MR) is 227 cm³/mol. The van der Waals surface area contributed by atoms with Crippen molar-refractivity contribution in [3.8, 4) is 0 Å². The lowest BCUT2D eigenvalue weighted by atomic mass is 9.88. The number of esters is 2. The number of hydrogen-bond donors (Lipinski definition) is 5. The van der Waals surface area contributed by atoms with Crippen molar-refractivity contribution in [3.05, 3.63) is 60.8 Å². The number of nitrogens with two attached hydrogens (primary N) is 1. The van der Waals surface area contributed by atoms with Gasteiger partial charge in [-0.05, 0) is 70.1 Å². The molecule has 1 saturated carbocycles. The van der Waals surface area contributed by atoms with Gasteiger partial charge in [0, 0.05) is 25.2 Å². The van der Waals surface area contributed by atoms with E-state index in [4.69, 9.17) is 24.8 Å².